The summed E-state index contributed by atoms with van der Waals surface area (Å²) in [5.74, 6) is 0.893. The number of hydrogen-bond acceptors (Lipinski definition) is 4. The van der Waals surface area contributed by atoms with Crippen molar-refractivity contribution in [3.8, 4) is 5.75 Å². The molecule has 0 amide bonds. The highest BCUT2D eigenvalue weighted by molar-refractivity contribution is 5.27. The zero-order chi connectivity index (χ0) is 13.7. The first-order chi connectivity index (χ1) is 9.21. The Morgan fingerprint density at radius 2 is 2.05 bits per heavy atom. The average molecular weight is 265 g/mol. The summed E-state index contributed by atoms with van der Waals surface area (Å²) in [4.78, 5) is 2.36. The number of aliphatic hydroxyl groups is 1. The third kappa shape index (κ3) is 4.20. The molecule has 1 fully saturated rings. The van der Waals surface area contributed by atoms with Gasteiger partial charge >= 0.3 is 0 Å². The molecule has 1 heterocycles. The Bertz CT molecular complexity index is 379. The number of morpholine rings is 1. The van der Waals surface area contributed by atoms with Gasteiger partial charge in [-0.3, -0.25) is 4.90 Å². The van der Waals surface area contributed by atoms with E-state index in [1.54, 1.807) is 7.11 Å². The lowest BCUT2D eigenvalue weighted by molar-refractivity contribution is -0.0947. The number of aliphatic hydroxyl groups excluding tert-OH is 1. The molecule has 2 atom stereocenters. The molecular weight excluding hydrogens is 242 g/mol. The van der Waals surface area contributed by atoms with Crippen LogP contribution in [0.1, 0.15) is 12.5 Å². The third-order valence-electron chi connectivity index (χ3n) is 3.48. The van der Waals surface area contributed by atoms with E-state index >= 15 is 0 Å². The Morgan fingerprint density at radius 1 is 1.32 bits per heavy atom. The molecule has 0 spiro atoms. The molecule has 0 saturated carbocycles. The Hall–Kier alpha value is -1.10. The Labute approximate surface area is 114 Å². The fourth-order valence-corrected chi connectivity index (χ4v) is 2.50. The molecule has 0 radical (unpaired) electrons. The number of methoxy groups -OCH3 is 1. The Kier molecular flexibility index (Phi) is 5.19. The van der Waals surface area contributed by atoms with E-state index in [0.717, 1.165) is 31.8 Å². The Balaban J connectivity index is 1.83. The van der Waals surface area contributed by atoms with Crippen LogP contribution in [0.5, 0.6) is 5.75 Å². The minimum Gasteiger partial charge on any atom is -0.497 e. The van der Waals surface area contributed by atoms with Gasteiger partial charge in [0.05, 0.1) is 25.9 Å². The van der Waals surface area contributed by atoms with Crippen LogP contribution < -0.4 is 4.74 Å². The van der Waals surface area contributed by atoms with Crippen LogP contribution in [-0.2, 0) is 11.2 Å². The summed E-state index contributed by atoms with van der Waals surface area (Å²) in [6.45, 7) is 4.91. The zero-order valence-corrected chi connectivity index (χ0v) is 11.7. The summed E-state index contributed by atoms with van der Waals surface area (Å²) in [6.07, 6.45) is 1.16. The van der Waals surface area contributed by atoms with E-state index in [0.29, 0.717) is 0 Å². The zero-order valence-electron chi connectivity index (χ0n) is 11.7. The van der Waals surface area contributed by atoms with Crippen LogP contribution in [0.3, 0.4) is 0 Å². The maximum absolute atomic E-state index is 9.20. The van der Waals surface area contributed by atoms with Gasteiger partial charge in [0.25, 0.3) is 0 Å². The third-order valence-corrected chi connectivity index (χ3v) is 3.48. The van der Waals surface area contributed by atoms with Gasteiger partial charge in [-0.2, -0.15) is 0 Å². The van der Waals surface area contributed by atoms with Crippen LogP contribution >= 0.6 is 0 Å². The number of hydrogen-bond donors (Lipinski definition) is 1. The van der Waals surface area contributed by atoms with E-state index in [1.165, 1.54) is 5.56 Å². The topological polar surface area (TPSA) is 41.9 Å². The summed E-state index contributed by atoms with van der Waals surface area (Å²) in [5.41, 5.74) is 1.31. The van der Waals surface area contributed by atoms with Crippen LogP contribution in [0.2, 0.25) is 0 Å². The second-order valence-electron chi connectivity index (χ2n) is 5.11. The van der Waals surface area contributed by atoms with Gasteiger partial charge in [0.2, 0.25) is 0 Å². The van der Waals surface area contributed by atoms with Gasteiger partial charge in [-0.1, -0.05) is 12.1 Å². The maximum atomic E-state index is 9.20. The minimum absolute atomic E-state index is 0.0420. The number of benzene rings is 1. The van der Waals surface area contributed by atoms with Gasteiger partial charge in [0.15, 0.2) is 0 Å². The first-order valence-corrected chi connectivity index (χ1v) is 6.83. The molecule has 1 aliphatic heterocycles. The molecule has 0 aliphatic carbocycles. The molecule has 1 N–H and O–H groups in total. The highest BCUT2D eigenvalue weighted by atomic mass is 16.5. The first-order valence-electron chi connectivity index (χ1n) is 6.83. The van der Waals surface area contributed by atoms with E-state index in [4.69, 9.17) is 9.47 Å². The predicted molar refractivity (Wildman–Crippen MR) is 74.6 cm³/mol. The van der Waals surface area contributed by atoms with Crippen molar-refractivity contribution in [2.75, 3.05) is 33.4 Å². The SMILES string of the molecule is COc1ccc(CCN2CC(C)OC(CO)C2)cc1. The normalized spacial score (nSPS) is 24.4. The number of rotatable bonds is 5. The smallest absolute Gasteiger partial charge is 0.118 e. The largest absolute Gasteiger partial charge is 0.497 e. The summed E-state index contributed by atoms with van der Waals surface area (Å²) in [7, 11) is 1.68. The summed E-state index contributed by atoms with van der Waals surface area (Å²) in [5, 5.41) is 9.20. The number of nitrogens with zero attached hydrogens (tertiary/aromatic N) is 1. The van der Waals surface area contributed by atoms with Crippen molar-refractivity contribution in [3.05, 3.63) is 29.8 Å². The van der Waals surface area contributed by atoms with Crippen LogP contribution in [0, 0.1) is 0 Å². The maximum Gasteiger partial charge on any atom is 0.118 e. The molecule has 1 aromatic carbocycles. The van der Waals surface area contributed by atoms with E-state index in [-0.39, 0.29) is 18.8 Å². The molecule has 0 bridgehead atoms. The lowest BCUT2D eigenvalue weighted by Gasteiger charge is -2.36. The van der Waals surface area contributed by atoms with Crippen LogP contribution in [0.25, 0.3) is 0 Å². The van der Waals surface area contributed by atoms with Gasteiger partial charge in [0.1, 0.15) is 5.75 Å². The van der Waals surface area contributed by atoms with Crippen molar-refractivity contribution in [1.29, 1.82) is 0 Å². The molecule has 19 heavy (non-hydrogen) atoms. The predicted octanol–water partition coefficient (Wildman–Crippen LogP) is 1.32. The van der Waals surface area contributed by atoms with Gasteiger partial charge in [-0.25, -0.2) is 0 Å². The fourth-order valence-electron chi connectivity index (χ4n) is 2.50. The minimum atomic E-state index is -0.0420. The second-order valence-corrected chi connectivity index (χ2v) is 5.11. The molecule has 0 aromatic heterocycles. The molecule has 4 heteroatoms. The monoisotopic (exact) mass is 265 g/mol. The highest BCUT2D eigenvalue weighted by Crippen LogP contribution is 2.14. The molecule has 4 nitrogen and oxygen atoms in total. The van der Waals surface area contributed by atoms with Crippen molar-refractivity contribution >= 4 is 0 Å². The second kappa shape index (κ2) is 6.89. The molecule has 106 valence electrons. The van der Waals surface area contributed by atoms with Crippen molar-refractivity contribution in [2.24, 2.45) is 0 Å². The summed E-state index contributed by atoms with van der Waals surface area (Å²) < 4.78 is 10.8. The number of ether oxygens (including phenoxy) is 2. The molecule has 1 aromatic rings. The quantitative estimate of drug-likeness (QED) is 0.872. The van der Waals surface area contributed by atoms with E-state index in [2.05, 4.69) is 24.0 Å². The van der Waals surface area contributed by atoms with Gasteiger partial charge in [-0.05, 0) is 31.0 Å². The van der Waals surface area contributed by atoms with Crippen LogP contribution in [0.4, 0.5) is 0 Å². The highest BCUT2D eigenvalue weighted by Gasteiger charge is 2.24. The van der Waals surface area contributed by atoms with Crippen molar-refractivity contribution in [1.82, 2.24) is 4.90 Å². The van der Waals surface area contributed by atoms with E-state index in [1.807, 2.05) is 12.1 Å². The van der Waals surface area contributed by atoms with Gasteiger partial charge in [0, 0.05) is 19.6 Å². The Morgan fingerprint density at radius 3 is 2.68 bits per heavy atom. The summed E-state index contributed by atoms with van der Waals surface area (Å²) >= 11 is 0. The van der Waals surface area contributed by atoms with Gasteiger partial charge < -0.3 is 14.6 Å². The first kappa shape index (κ1) is 14.3. The molecule has 1 aliphatic rings. The van der Waals surface area contributed by atoms with Crippen molar-refractivity contribution < 1.29 is 14.6 Å². The van der Waals surface area contributed by atoms with E-state index < -0.39 is 0 Å². The molecule has 1 saturated heterocycles. The lowest BCUT2D eigenvalue weighted by Crippen LogP contribution is -2.48. The lowest BCUT2D eigenvalue weighted by atomic mass is 10.1. The van der Waals surface area contributed by atoms with Crippen LogP contribution in [0.15, 0.2) is 24.3 Å². The van der Waals surface area contributed by atoms with Crippen molar-refractivity contribution in [3.63, 3.8) is 0 Å². The van der Waals surface area contributed by atoms with E-state index in [9.17, 15) is 5.11 Å². The standard InChI is InChI=1S/C15H23NO3/c1-12-9-16(10-15(11-17)19-12)8-7-13-3-5-14(18-2)6-4-13/h3-6,12,15,17H,7-11H2,1-2H3. The fraction of sp³-hybridized carbons (Fsp3) is 0.600. The average Bonchev–Trinajstić information content (AvgIpc) is 2.45. The molecule has 2 unspecified atom stereocenters. The molecule has 2 rings (SSSR count). The van der Waals surface area contributed by atoms with Crippen molar-refractivity contribution in [2.45, 2.75) is 25.6 Å². The summed E-state index contributed by atoms with van der Waals surface area (Å²) in [6, 6.07) is 8.19. The molecular formula is C15H23NO3. The van der Waals surface area contributed by atoms with Gasteiger partial charge in [-0.15, -0.1) is 0 Å². The van der Waals surface area contributed by atoms with Crippen LogP contribution in [-0.4, -0.2) is 55.6 Å².